The molecule has 2 heterocycles. The number of piperidine rings is 1. The molecule has 2 aromatic rings. The van der Waals surface area contributed by atoms with Crippen LogP contribution in [0.2, 0.25) is 0 Å². The van der Waals surface area contributed by atoms with Crippen LogP contribution in [0, 0.1) is 5.82 Å². The Morgan fingerprint density at radius 1 is 1.29 bits per heavy atom. The van der Waals surface area contributed by atoms with Gasteiger partial charge in [0, 0.05) is 35.0 Å². The van der Waals surface area contributed by atoms with Gasteiger partial charge in [-0.05, 0) is 66.0 Å². The number of anilines is 2. The molecule has 1 unspecified atom stereocenters. The molecule has 1 aliphatic rings. The van der Waals surface area contributed by atoms with Gasteiger partial charge in [-0.1, -0.05) is 0 Å². The summed E-state index contributed by atoms with van der Waals surface area (Å²) in [5.41, 5.74) is 1.91. The SMILES string of the molecule is CC(Nc1ccc(Br)cn1)c1cc(F)ccc1N1CCC(O)CC1. The third kappa shape index (κ3) is 4.05. The van der Waals surface area contributed by atoms with Crippen molar-refractivity contribution in [1.29, 1.82) is 0 Å². The molecule has 128 valence electrons. The topological polar surface area (TPSA) is 48.4 Å². The number of benzene rings is 1. The van der Waals surface area contributed by atoms with Crippen LogP contribution >= 0.6 is 15.9 Å². The number of rotatable bonds is 4. The monoisotopic (exact) mass is 393 g/mol. The predicted molar refractivity (Wildman–Crippen MR) is 97.8 cm³/mol. The molecular formula is C18H21BrFN3O. The fraction of sp³-hybridized carbons (Fsp3) is 0.389. The van der Waals surface area contributed by atoms with Crippen molar-refractivity contribution in [2.45, 2.75) is 31.9 Å². The van der Waals surface area contributed by atoms with Gasteiger partial charge in [0.2, 0.25) is 0 Å². The van der Waals surface area contributed by atoms with Crippen LogP contribution in [-0.2, 0) is 0 Å². The molecule has 1 aromatic heterocycles. The van der Waals surface area contributed by atoms with Crippen LogP contribution < -0.4 is 10.2 Å². The first-order valence-corrected chi connectivity index (χ1v) is 8.93. The minimum absolute atomic E-state index is 0.0868. The maximum atomic E-state index is 13.8. The van der Waals surface area contributed by atoms with Crippen molar-refractivity contribution in [2.75, 3.05) is 23.3 Å². The maximum absolute atomic E-state index is 13.8. The van der Waals surface area contributed by atoms with Crippen molar-refractivity contribution in [3.63, 3.8) is 0 Å². The summed E-state index contributed by atoms with van der Waals surface area (Å²) >= 11 is 3.37. The van der Waals surface area contributed by atoms with Crippen molar-refractivity contribution in [2.24, 2.45) is 0 Å². The fourth-order valence-electron chi connectivity index (χ4n) is 3.03. The van der Waals surface area contributed by atoms with Gasteiger partial charge in [-0.2, -0.15) is 0 Å². The van der Waals surface area contributed by atoms with E-state index in [4.69, 9.17) is 0 Å². The summed E-state index contributed by atoms with van der Waals surface area (Å²) < 4.78 is 14.7. The van der Waals surface area contributed by atoms with Gasteiger partial charge < -0.3 is 15.3 Å². The average molecular weight is 394 g/mol. The molecule has 6 heteroatoms. The maximum Gasteiger partial charge on any atom is 0.126 e. The highest BCUT2D eigenvalue weighted by molar-refractivity contribution is 9.10. The summed E-state index contributed by atoms with van der Waals surface area (Å²) in [4.78, 5) is 6.54. The first-order chi connectivity index (χ1) is 11.5. The van der Waals surface area contributed by atoms with Gasteiger partial charge in [0.15, 0.2) is 0 Å². The standard InChI is InChI=1S/C18H21BrFN3O/c1-12(22-18-5-2-13(19)11-21-18)16-10-14(20)3-4-17(16)23-8-6-15(24)7-9-23/h2-5,10-12,15,24H,6-9H2,1H3,(H,21,22). The molecule has 1 aromatic carbocycles. The minimum atomic E-state index is -0.247. The molecule has 24 heavy (non-hydrogen) atoms. The summed E-state index contributed by atoms with van der Waals surface area (Å²) in [6.07, 6.45) is 2.99. The van der Waals surface area contributed by atoms with Crippen molar-refractivity contribution < 1.29 is 9.50 Å². The van der Waals surface area contributed by atoms with E-state index in [0.29, 0.717) is 0 Å². The lowest BCUT2D eigenvalue weighted by Gasteiger charge is -2.34. The van der Waals surface area contributed by atoms with E-state index in [-0.39, 0.29) is 18.0 Å². The van der Waals surface area contributed by atoms with Crippen molar-refractivity contribution >= 4 is 27.4 Å². The van der Waals surface area contributed by atoms with Crippen molar-refractivity contribution in [3.8, 4) is 0 Å². The van der Waals surface area contributed by atoms with Crippen molar-refractivity contribution in [1.82, 2.24) is 4.98 Å². The molecule has 1 saturated heterocycles. The number of nitrogens with one attached hydrogen (secondary N) is 1. The Hall–Kier alpha value is -1.66. The Kier molecular flexibility index (Phi) is 5.36. The molecule has 0 spiro atoms. The molecule has 3 rings (SSSR count). The van der Waals surface area contributed by atoms with E-state index >= 15 is 0 Å². The molecule has 0 amide bonds. The quantitative estimate of drug-likeness (QED) is 0.819. The van der Waals surface area contributed by atoms with E-state index in [9.17, 15) is 9.50 Å². The second kappa shape index (κ2) is 7.49. The largest absolute Gasteiger partial charge is 0.393 e. The highest BCUT2D eigenvalue weighted by atomic mass is 79.9. The zero-order chi connectivity index (χ0) is 17.1. The van der Waals surface area contributed by atoms with Gasteiger partial charge in [0.25, 0.3) is 0 Å². The predicted octanol–water partition coefficient (Wildman–Crippen LogP) is 4.12. The van der Waals surface area contributed by atoms with E-state index in [1.165, 1.54) is 6.07 Å². The molecule has 2 N–H and O–H groups in total. The minimum Gasteiger partial charge on any atom is -0.393 e. The summed E-state index contributed by atoms with van der Waals surface area (Å²) in [6, 6.07) is 8.62. The Bertz CT molecular complexity index is 687. The molecule has 0 radical (unpaired) electrons. The van der Waals surface area contributed by atoms with Crippen LogP contribution in [0.25, 0.3) is 0 Å². The van der Waals surface area contributed by atoms with Crippen LogP contribution in [0.3, 0.4) is 0 Å². The number of aliphatic hydroxyl groups is 1. The van der Waals surface area contributed by atoms with Crippen LogP contribution in [0.1, 0.15) is 31.4 Å². The number of pyridine rings is 1. The molecule has 0 aliphatic carbocycles. The van der Waals surface area contributed by atoms with E-state index < -0.39 is 0 Å². The zero-order valence-electron chi connectivity index (χ0n) is 13.5. The average Bonchev–Trinajstić information content (AvgIpc) is 2.58. The number of nitrogens with zero attached hydrogens (tertiary/aromatic N) is 2. The van der Waals surface area contributed by atoms with Gasteiger partial charge in [0.05, 0.1) is 12.1 Å². The number of halogens is 2. The molecule has 1 fully saturated rings. The van der Waals surface area contributed by atoms with Crippen LogP contribution in [0.5, 0.6) is 0 Å². The second-order valence-corrected chi connectivity index (χ2v) is 7.06. The lowest BCUT2D eigenvalue weighted by molar-refractivity contribution is 0.145. The molecule has 4 nitrogen and oxygen atoms in total. The highest BCUT2D eigenvalue weighted by Crippen LogP contribution is 2.31. The zero-order valence-corrected chi connectivity index (χ0v) is 15.1. The summed E-state index contributed by atoms with van der Waals surface area (Å²) in [7, 11) is 0. The fourth-order valence-corrected chi connectivity index (χ4v) is 3.26. The van der Waals surface area contributed by atoms with Crippen LogP contribution in [0.4, 0.5) is 15.9 Å². The summed E-state index contributed by atoms with van der Waals surface area (Å²) in [5.74, 6) is 0.498. The van der Waals surface area contributed by atoms with Gasteiger partial charge in [-0.3, -0.25) is 0 Å². The molecule has 0 saturated carbocycles. The van der Waals surface area contributed by atoms with E-state index in [1.807, 2.05) is 25.1 Å². The number of aromatic nitrogens is 1. The summed E-state index contributed by atoms with van der Waals surface area (Å²) in [6.45, 7) is 3.56. The number of aliphatic hydroxyl groups excluding tert-OH is 1. The molecule has 0 bridgehead atoms. The van der Waals surface area contributed by atoms with E-state index in [2.05, 4.69) is 31.1 Å². The van der Waals surface area contributed by atoms with Gasteiger partial charge in [-0.25, -0.2) is 9.37 Å². The number of hydrogen-bond donors (Lipinski definition) is 2. The first kappa shape index (κ1) is 17.2. The van der Waals surface area contributed by atoms with Crippen LogP contribution in [-0.4, -0.2) is 29.3 Å². The van der Waals surface area contributed by atoms with Gasteiger partial charge in [0.1, 0.15) is 11.6 Å². The number of hydrogen-bond acceptors (Lipinski definition) is 4. The Balaban J connectivity index is 1.82. The Labute approximate surface area is 149 Å². The van der Waals surface area contributed by atoms with Gasteiger partial charge in [-0.15, -0.1) is 0 Å². The third-order valence-electron chi connectivity index (χ3n) is 4.35. The Morgan fingerprint density at radius 3 is 2.71 bits per heavy atom. The lowest BCUT2D eigenvalue weighted by atomic mass is 10.0. The van der Waals surface area contributed by atoms with Crippen molar-refractivity contribution in [3.05, 3.63) is 52.4 Å². The summed E-state index contributed by atoms with van der Waals surface area (Å²) in [5, 5.41) is 13.0. The second-order valence-electron chi connectivity index (χ2n) is 6.15. The normalized spacial score (nSPS) is 16.9. The highest BCUT2D eigenvalue weighted by Gasteiger charge is 2.21. The van der Waals surface area contributed by atoms with Crippen LogP contribution in [0.15, 0.2) is 41.0 Å². The smallest absolute Gasteiger partial charge is 0.126 e. The first-order valence-electron chi connectivity index (χ1n) is 8.13. The van der Waals surface area contributed by atoms with E-state index in [0.717, 1.165) is 47.5 Å². The van der Waals surface area contributed by atoms with Gasteiger partial charge >= 0.3 is 0 Å². The Morgan fingerprint density at radius 2 is 2.04 bits per heavy atom. The molecular weight excluding hydrogens is 373 g/mol. The third-order valence-corrected chi connectivity index (χ3v) is 4.82. The molecule has 1 atom stereocenters. The van der Waals surface area contributed by atoms with E-state index in [1.54, 1.807) is 12.3 Å². The molecule has 1 aliphatic heterocycles. The lowest BCUT2D eigenvalue weighted by Crippen LogP contribution is -2.36.